The number of hydroxylamine groups is 2. The van der Waals surface area contributed by atoms with Gasteiger partial charge in [-0.3, -0.25) is 24.2 Å². The van der Waals surface area contributed by atoms with Gasteiger partial charge in [-0.05, 0) is 75.1 Å². The number of piperazine rings is 1. The first-order chi connectivity index (χ1) is 23.4. The highest BCUT2D eigenvalue weighted by atomic mass is 16.7. The van der Waals surface area contributed by atoms with Gasteiger partial charge in [0, 0.05) is 38.4 Å². The van der Waals surface area contributed by atoms with Crippen LogP contribution in [0.15, 0.2) is 36.5 Å². The fourth-order valence-corrected chi connectivity index (χ4v) is 6.90. The highest BCUT2D eigenvalue weighted by molar-refractivity contribution is 5.95. The molecule has 0 aliphatic carbocycles. The van der Waals surface area contributed by atoms with E-state index in [0.29, 0.717) is 37.0 Å². The van der Waals surface area contributed by atoms with Crippen molar-refractivity contribution >= 4 is 40.9 Å². The van der Waals surface area contributed by atoms with Gasteiger partial charge in [0.05, 0.1) is 29.5 Å². The second-order valence-corrected chi connectivity index (χ2v) is 14.3. The summed E-state index contributed by atoms with van der Waals surface area (Å²) < 4.78 is 0. The van der Waals surface area contributed by atoms with Gasteiger partial charge in [0.25, 0.3) is 11.8 Å². The van der Waals surface area contributed by atoms with Crippen LogP contribution in [0.25, 0.3) is 17.1 Å². The third-order valence-electron chi connectivity index (χ3n) is 9.25. The van der Waals surface area contributed by atoms with E-state index in [1.165, 1.54) is 11.1 Å². The smallest absolute Gasteiger partial charge is 0.404 e. The summed E-state index contributed by atoms with van der Waals surface area (Å²) in [4.78, 5) is 74.4. The van der Waals surface area contributed by atoms with E-state index in [-0.39, 0.29) is 49.4 Å². The molecule has 14 heteroatoms. The summed E-state index contributed by atoms with van der Waals surface area (Å²) in [6.07, 6.45) is 5.49. The molecule has 3 aliphatic heterocycles. The van der Waals surface area contributed by atoms with Crippen molar-refractivity contribution in [2.45, 2.75) is 90.1 Å². The number of carboxylic acid groups (broad SMARTS) is 1. The molecule has 3 saturated heterocycles. The molecule has 266 valence electrons. The molecule has 3 fully saturated rings. The second kappa shape index (κ2) is 16.0. The van der Waals surface area contributed by atoms with Gasteiger partial charge in [-0.2, -0.15) is 5.06 Å². The van der Waals surface area contributed by atoms with Crippen LogP contribution >= 0.6 is 0 Å². The zero-order chi connectivity index (χ0) is 35.1. The summed E-state index contributed by atoms with van der Waals surface area (Å²) >= 11 is 0. The molecule has 4 atom stereocenters. The number of likely N-dealkylation sites (tertiary alicyclic amines) is 1. The fraction of sp³-hybridized carbons (Fsp3) is 0.600. The van der Waals surface area contributed by atoms with E-state index in [4.69, 9.17) is 9.94 Å². The standard InChI is InChI=1S/C35H49N7O7/c1-35(2,3)20-28-32(45)40(25-15-18-39(22-25)17-8-9-19-43)23-30-41(28)33(46)29(12-6-7-16-36-34(47)48)49-42(30)31(44)14-13-24-21-37-26-10-4-5-11-27(26)38-24/h4-5,10-11,13-14,21,25,28-30,36,43H,6-9,12,15-20,22-23H2,1-3H3,(H,47,48)/b14-13+/t25-,28+,29-,30+/m1/s1. The van der Waals surface area contributed by atoms with E-state index in [2.05, 4.69) is 20.2 Å². The lowest BCUT2D eigenvalue weighted by atomic mass is 9.85. The predicted molar refractivity (Wildman–Crippen MR) is 182 cm³/mol. The Labute approximate surface area is 287 Å². The maximum absolute atomic E-state index is 14.4. The molecule has 1 aromatic heterocycles. The molecule has 4 heterocycles. The second-order valence-electron chi connectivity index (χ2n) is 14.3. The van der Waals surface area contributed by atoms with Crippen molar-refractivity contribution in [3.05, 3.63) is 42.2 Å². The van der Waals surface area contributed by atoms with Crippen LogP contribution in [-0.2, 0) is 19.2 Å². The lowest BCUT2D eigenvalue weighted by Crippen LogP contribution is -2.74. The van der Waals surface area contributed by atoms with Gasteiger partial charge in [0.2, 0.25) is 5.91 Å². The molecule has 0 unspecified atom stereocenters. The SMILES string of the molecule is CC(C)(C)C[C@H]1C(=O)N([C@@H]2CCN(CCCCO)C2)C[C@@H]2N(C(=O)/C=C/c3cnc4ccccc4n3)O[C@H](CCCCNC(=O)O)C(=O)N21. The number of fused-ring (bicyclic) bond motifs is 2. The van der Waals surface area contributed by atoms with Crippen LogP contribution in [0.5, 0.6) is 0 Å². The van der Waals surface area contributed by atoms with E-state index in [9.17, 15) is 24.3 Å². The Hall–Kier alpha value is -4.14. The van der Waals surface area contributed by atoms with E-state index in [0.717, 1.165) is 37.9 Å². The third-order valence-corrected chi connectivity index (χ3v) is 9.25. The molecular formula is C35H49N7O7. The number of amides is 4. The molecule has 3 N–H and O–H groups in total. The number of nitrogens with one attached hydrogen (secondary N) is 1. The average Bonchev–Trinajstić information content (AvgIpc) is 3.53. The largest absolute Gasteiger partial charge is 0.465 e. The molecule has 49 heavy (non-hydrogen) atoms. The lowest BCUT2D eigenvalue weighted by Gasteiger charge is -2.54. The summed E-state index contributed by atoms with van der Waals surface area (Å²) in [6, 6.07) is 6.57. The van der Waals surface area contributed by atoms with Gasteiger partial charge >= 0.3 is 6.09 Å². The summed E-state index contributed by atoms with van der Waals surface area (Å²) in [5.74, 6) is -0.956. The fourth-order valence-electron chi connectivity index (χ4n) is 6.90. The highest BCUT2D eigenvalue weighted by Crippen LogP contribution is 2.36. The number of aliphatic hydroxyl groups excluding tert-OH is 1. The molecule has 0 spiro atoms. The number of nitrogens with zero attached hydrogens (tertiary/aromatic N) is 6. The van der Waals surface area contributed by atoms with Crippen LogP contribution in [0.3, 0.4) is 0 Å². The van der Waals surface area contributed by atoms with Crippen LogP contribution in [0, 0.1) is 5.41 Å². The number of rotatable bonds is 13. The Bertz CT molecular complexity index is 1530. The van der Waals surface area contributed by atoms with Crippen molar-refractivity contribution in [3.63, 3.8) is 0 Å². The van der Waals surface area contributed by atoms with Gasteiger partial charge in [-0.15, -0.1) is 0 Å². The maximum Gasteiger partial charge on any atom is 0.404 e. The first kappa shape index (κ1) is 36.1. The number of hydrogen-bond acceptors (Lipinski definition) is 9. The summed E-state index contributed by atoms with van der Waals surface area (Å²) in [6.45, 7) is 8.91. The highest BCUT2D eigenvalue weighted by Gasteiger charge is 2.54. The van der Waals surface area contributed by atoms with E-state index < -0.39 is 30.3 Å². The Morgan fingerprint density at radius 1 is 1.06 bits per heavy atom. The van der Waals surface area contributed by atoms with Crippen LogP contribution in [0.1, 0.15) is 71.4 Å². The molecular weight excluding hydrogens is 630 g/mol. The first-order valence-electron chi connectivity index (χ1n) is 17.3. The van der Waals surface area contributed by atoms with Gasteiger partial charge in [0.1, 0.15) is 6.04 Å². The minimum atomic E-state index is -1.12. The molecule has 0 bridgehead atoms. The topological polar surface area (TPSA) is 169 Å². The predicted octanol–water partition coefficient (Wildman–Crippen LogP) is 2.87. The average molecular weight is 680 g/mol. The molecule has 0 radical (unpaired) electrons. The van der Waals surface area contributed by atoms with Crippen molar-refractivity contribution in [1.29, 1.82) is 0 Å². The van der Waals surface area contributed by atoms with Crippen LogP contribution in [0.4, 0.5) is 4.79 Å². The summed E-state index contributed by atoms with van der Waals surface area (Å²) in [7, 11) is 0. The quantitative estimate of drug-likeness (QED) is 0.212. The normalized spacial score (nSPS) is 23.5. The number of carbonyl (C=O) groups excluding carboxylic acids is 3. The lowest BCUT2D eigenvalue weighted by molar-refractivity contribution is -0.274. The third kappa shape index (κ3) is 9.11. The van der Waals surface area contributed by atoms with Crippen LogP contribution in [0.2, 0.25) is 0 Å². The van der Waals surface area contributed by atoms with Crippen molar-refractivity contribution in [1.82, 2.24) is 35.0 Å². The molecule has 5 rings (SSSR count). The van der Waals surface area contributed by atoms with E-state index >= 15 is 0 Å². The Kier molecular flexibility index (Phi) is 11.8. The Balaban J connectivity index is 1.42. The van der Waals surface area contributed by atoms with Crippen molar-refractivity contribution in [2.24, 2.45) is 5.41 Å². The molecule has 1 aromatic carbocycles. The zero-order valence-electron chi connectivity index (χ0n) is 28.7. The maximum atomic E-state index is 14.4. The van der Waals surface area contributed by atoms with Crippen molar-refractivity contribution in [2.75, 3.05) is 39.3 Å². The van der Waals surface area contributed by atoms with Gasteiger partial charge < -0.3 is 30.2 Å². The minimum Gasteiger partial charge on any atom is -0.465 e. The number of hydrogen-bond donors (Lipinski definition) is 3. The molecule has 0 saturated carbocycles. The van der Waals surface area contributed by atoms with Crippen LogP contribution in [-0.4, -0.2) is 127 Å². The monoisotopic (exact) mass is 679 g/mol. The molecule has 3 aliphatic rings. The number of carbonyl (C=O) groups is 4. The summed E-state index contributed by atoms with van der Waals surface area (Å²) in [5.41, 5.74) is 1.60. The Morgan fingerprint density at radius 3 is 2.57 bits per heavy atom. The molecule has 14 nitrogen and oxygen atoms in total. The zero-order valence-corrected chi connectivity index (χ0v) is 28.7. The number of aromatic nitrogens is 2. The number of benzene rings is 1. The number of unbranched alkanes of at least 4 members (excludes halogenated alkanes) is 2. The Morgan fingerprint density at radius 2 is 1.84 bits per heavy atom. The van der Waals surface area contributed by atoms with Gasteiger partial charge in [0.15, 0.2) is 12.3 Å². The first-order valence-corrected chi connectivity index (χ1v) is 17.3. The van der Waals surface area contributed by atoms with Gasteiger partial charge in [-0.1, -0.05) is 32.9 Å². The van der Waals surface area contributed by atoms with E-state index in [1.54, 1.807) is 17.2 Å². The van der Waals surface area contributed by atoms with Crippen molar-refractivity contribution in [3.8, 4) is 0 Å². The van der Waals surface area contributed by atoms with Crippen molar-refractivity contribution < 1.29 is 34.2 Å². The summed E-state index contributed by atoms with van der Waals surface area (Å²) in [5, 5.41) is 21.7. The molecule has 2 aromatic rings. The van der Waals surface area contributed by atoms with Gasteiger partial charge in [-0.25, -0.2) is 9.78 Å². The number of para-hydroxylation sites is 2. The van der Waals surface area contributed by atoms with Crippen LogP contribution < -0.4 is 5.32 Å². The minimum absolute atomic E-state index is 0.0822. The molecule has 4 amide bonds. The van der Waals surface area contributed by atoms with E-state index in [1.807, 2.05) is 49.9 Å². The number of aliphatic hydroxyl groups is 1.